The van der Waals surface area contributed by atoms with Crippen molar-refractivity contribution in [2.45, 2.75) is 13.5 Å². The summed E-state index contributed by atoms with van der Waals surface area (Å²) >= 11 is 0. The van der Waals surface area contributed by atoms with Gasteiger partial charge in [-0.15, -0.1) is 0 Å². The van der Waals surface area contributed by atoms with Crippen LogP contribution in [0.1, 0.15) is 12.5 Å². The molecule has 0 aliphatic heterocycles. The number of ketones is 1. The molecule has 0 aromatic heterocycles. The summed E-state index contributed by atoms with van der Waals surface area (Å²) < 4.78 is 4.63. The van der Waals surface area contributed by atoms with E-state index in [1.165, 1.54) is 4.90 Å². The number of rotatable bonds is 6. The summed E-state index contributed by atoms with van der Waals surface area (Å²) in [5, 5.41) is 0. The summed E-state index contributed by atoms with van der Waals surface area (Å²) in [5.74, 6) is -3.21. The molecule has 0 radical (unpaired) electrons. The van der Waals surface area contributed by atoms with Crippen LogP contribution in [0.3, 0.4) is 0 Å². The van der Waals surface area contributed by atoms with Gasteiger partial charge >= 0.3 is 17.7 Å². The van der Waals surface area contributed by atoms with Gasteiger partial charge in [-0.05, 0) is 24.6 Å². The summed E-state index contributed by atoms with van der Waals surface area (Å²) in [6, 6.07) is 18.0. The summed E-state index contributed by atoms with van der Waals surface area (Å²) in [4.78, 5) is 37.2. The van der Waals surface area contributed by atoms with Crippen LogP contribution in [0, 0.1) is 0 Å². The molecule has 0 unspecified atom stereocenters. The molecular formula is C18H17NO4. The number of hydrogen-bond donors (Lipinski definition) is 0. The topological polar surface area (TPSA) is 63.7 Å². The van der Waals surface area contributed by atoms with Gasteiger partial charge in [-0.2, -0.15) is 0 Å². The number of amides is 1. The van der Waals surface area contributed by atoms with E-state index in [9.17, 15) is 14.4 Å². The first-order valence-corrected chi connectivity index (χ1v) is 7.25. The van der Waals surface area contributed by atoms with E-state index in [4.69, 9.17) is 0 Å². The normalized spacial score (nSPS) is 9.96. The van der Waals surface area contributed by atoms with Crippen molar-refractivity contribution < 1.29 is 19.1 Å². The zero-order valence-electron chi connectivity index (χ0n) is 12.8. The summed E-state index contributed by atoms with van der Waals surface area (Å²) in [5.41, 5.74) is 1.39. The lowest BCUT2D eigenvalue weighted by Crippen LogP contribution is -2.40. The molecule has 2 rings (SSSR count). The van der Waals surface area contributed by atoms with E-state index < -0.39 is 17.7 Å². The van der Waals surface area contributed by atoms with Crippen LogP contribution < -0.4 is 4.90 Å². The summed E-state index contributed by atoms with van der Waals surface area (Å²) in [6.07, 6.45) is 0. The molecule has 5 heteroatoms. The van der Waals surface area contributed by atoms with Gasteiger partial charge in [0.15, 0.2) is 0 Å². The van der Waals surface area contributed by atoms with Crippen LogP contribution in [0.25, 0.3) is 0 Å². The number of esters is 1. The molecule has 2 aromatic rings. The standard InChI is InChI=1S/C18H17NO4/c1-2-23-18(22)16(20)17(21)19(15-11-7-4-8-12-15)13-14-9-5-3-6-10-14/h3-12H,2,13H2,1H3. The summed E-state index contributed by atoms with van der Waals surface area (Å²) in [6.45, 7) is 1.81. The van der Waals surface area contributed by atoms with Gasteiger partial charge in [0.1, 0.15) is 0 Å². The van der Waals surface area contributed by atoms with Crippen LogP contribution in [0.2, 0.25) is 0 Å². The second kappa shape index (κ2) is 7.89. The third-order valence-corrected chi connectivity index (χ3v) is 3.15. The Bertz CT molecular complexity index is 683. The first kappa shape index (κ1) is 16.4. The predicted octanol–water partition coefficient (Wildman–Crippen LogP) is 2.35. The third-order valence-electron chi connectivity index (χ3n) is 3.15. The maximum atomic E-state index is 12.4. The average molecular weight is 311 g/mol. The summed E-state index contributed by atoms with van der Waals surface area (Å²) in [7, 11) is 0. The molecule has 0 atom stereocenters. The highest BCUT2D eigenvalue weighted by Crippen LogP contribution is 2.17. The van der Waals surface area contributed by atoms with Gasteiger partial charge in [0, 0.05) is 5.69 Å². The van der Waals surface area contributed by atoms with Crippen molar-refractivity contribution in [2.75, 3.05) is 11.5 Å². The molecule has 0 fully saturated rings. The maximum Gasteiger partial charge on any atom is 0.384 e. The van der Waals surface area contributed by atoms with Crippen LogP contribution in [0.5, 0.6) is 0 Å². The van der Waals surface area contributed by atoms with Crippen LogP contribution in [-0.2, 0) is 25.7 Å². The number of para-hydroxylation sites is 1. The maximum absolute atomic E-state index is 12.4. The minimum absolute atomic E-state index is 0.0435. The highest BCUT2D eigenvalue weighted by Gasteiger charge is 2.30. The molecule has 0 saturated carbocycles. The van der Waals surface area contributed by atoms with Crippen molar-refractivity contribution in [3.63, 3.8) is 0 Å². The SMILES string of the molecule is CCOC(=O)C(=O)C(=O)N(Cc1ccccc1)c1ccccc1. The van der Waals surface area contributed by atoms with E-state index in [2.05, 4.69) is 4.74 Å². The third kappa shape index (κ3) is 4.26. The molecule has 118 valence electrons. The molecule has 5 nitrogen and oxygen atoms in total. The average Bonchev–Trinajstić information content (AvgIpc) is 2.60. The quantitative estimate of drug-likeness (QED) is 0.467. The van der Waals surface area contributed by atoms with Crippen LogP contribution >= 0.6 is 0 Å². The molecule has 0 N–H and O–H groups in total. The molecular weight excluding hydrogens is 294 g/mol. The number of Topliss-reactive ketones (excluding diaryl/α,β-unsaturated/α-hetero) is 1. The van der Waals surface area contributed by atoms with Gasteiger partial charge in [-0.3, -0.25) is 9.59 Å². The molecule has 0 aliphatic carbocycles. The fourth-order valence-electron chi connectivity index (χ4n) is 2.06. The molecule has 0 spiro atoms. The van der Waals surface area contributed by atoms with Crippen LogP contribution in [-0.4, -0.2) is 24.3 Å². The molecule has 23 heavy (non-hydrogen) atoms. The lowest BCUT2D eigenvalue weighted by molar-refractivity contribution is -0.156. The van der Waals surface area contributed by atoms with Crippen molar-refractivity contribution in [1.29, 1.82) is 0 Å². The molecule has 0 bridgehead atoms. The molecule has 0 heterocycles. The van der Waals surface area contributed by atoms with Crippen LogP contribution in [0.4, 0.5) is 5.69 Å². The number of hydrogen-bond acceptors (Lipinski definition) is 4. The molecule has 1 amide bonds. The van der Waals surface area contributed by atoms with E-state index in [0.29, 0.717) is 5.69 Å². The number of carbonyl (C=O) groups is 3. The molecule has 2 aromatic carbocycles. The van der Waals surface area contributed by atoms with Gasteiger partial charge in [-0.1, -0.05) is 48.5 Å². The van der Waals surface area contributed by atoms with Crippen molar-refractivity contribution in [1.82, 2.24) is 0 Å². The Morgan fingerprint density at radius 2 is 1.48 bits per heavy atom. The van der Waals surface area contributed by atoms with E-state index >= 15 is 0 Å². The minimum Gasteiger partial charge on any atom is -0.460 e. The van der Waals surface area contributed by atoms with Crippen molar-refractivity contribution in [3.05, 3.63) is 66.2 Å². The van der Waals surface area contributed by atoms with E-state index in [-0.39, 0.29) is 13.2 Å². The lowest BCUT2D eigenvalue weighted by Gasteiger charge is -2.21. The highest BCUT2D eigenvalue weighted by molar-refractivity contribution is 6.64. The Morgan fingerprint density at radius 1 is 0.913 bits per heavy atom. The Balaban J connectivity index is 2.28. The first-order chi connectivity index (χ1) is 11.1. The van der Waals surface area contributed by atoms with Crippen molar-refractivity contribution in [3.8, 4) is 0 Å². The molecule has 0 aliphatic rings. The number of anilines is 1. The minimum atomic E-state index is -1.17. The smallest absolute Gasteiger partial charge is 0.384 e. The second-order valence-corrected chi connectivity index (χ2v) is 4.76. The predicted molar refractivity (Wildman–Crippen MR) is 85.7 cm³/mol. The number of carbonyl (C=O) groups excluding carboxylic acids is 3. The zero-order chi connectivity index (χ0) is 16.7. The fourth-order valence-corrected chi connectivity index (χ4v) is 2.06. The second-order valence-electron chi connectivity index (χ2n) is 4.76. The molecule has 0 saturated heterocycles. The van der Waals surface area contributed by atoms with Gasteiger partial charge in [0.05, 0.1) is 13.2 Å². The van der Waals surface area contributed by atoms with E-state index in [0.717, 1.165) is 5.56 Å². The van der Waals surface area contributed by atoms with Gasteiger partial charge in [0.25, 0.3) is 0 Å². The number of nitrogens with zero attached hydrogens (tertiary/aromatic N) is 1. The van der Waals surface area contributed by atoms with Gasteiger partial charge in [-0.25, -0.2) is 4.79 Å². The van der Waals surface area contributed by atoms with Gasteiger partial charge < -0.3 is 9.64 Å². The first-order valence-electron chi connectivity index (χ1n) is 7.25. The van der Waals surface area contributed by atoms with E-state index in [1.54, 1.807) is 31.2 Å². The number of ether oxygens (including phenoxy) is 1. The van der Waals surface area contributed by atoms with Crippen molar-refractivity contribution in [2.24, 2.45) is 0 Å². The Morgan fingerprint density at radius 3 is 2.04 bits per heavy atom. The van der Waals surface area contributed by atoms with Crippen molar-refractivity contribution >= 4 is 23.3 Å². The Kier molecular flexibility index (Phi) is 5.63. The fraction of sp³-hybridized carbons (Fsp3) is 0.167. The monoisotopic (exact) mass is 311 g/mol. The Hall–Kier alpha value is -2.95. The van der Waals surface area contributed by atoms with Crippen LogP contribution in [0.15, 0.2) is 60.7 Å². The lowest BCUT2D eigenvalue weighted by atomic mass is 10.1. The van der Waals surface area contributed by atoms with E-state index in [1.807, 2.05) is 36.4 Å². The highest BCUT2D eigenvalue weighted by atomic mass is 16.5. The number of benzene rings is 2. The Labute approximate surface area is 134 Å². The van der Waals surface area contributed by atoms with Gasteiger partial charge in [0.2, 0.25) is 0 Å². The largest absolute Gasteiger partial charge is 0.460 e. The zero-order valence-corrected chi connectivity index (χ0v) is 12.8.